The summed E-state index contributed by atoms with van der Waals surface area (Å²) >= 11 is 0. The maximum atomic E-state index is 11.1. The van der Waals surface area contributed by atoms with Gasteiger partial charge < -0.3 is 15.2 Å². The van der Waals surface area contributed by atoms with Gasteiger partial charge in [0, 0.05) is 25.2 Å². The van der Waals surface area contributed by atoms with Crippen LogP contribution in [0.4, 0.5) is 0 Å². The summed E-state index contributed by atoms with van der Waals surface area (Å²) in [6, 6.07) is 3.52. The van der Waals surface area contributed by atoms with Crippen molar-refractivity contribution < 1.29 is 19.4 Å². The van der Waals surface area contributed by atoms with Crippen molar-refractivity contribution >= 4 is 18.0 Å². The summed E-state index contributed by atoms with van der Waals surface area (Å²) in [7, 11) is 1.59. The fraction of sp³-hybridized carbons (Fsp3) is 0.357. The second-order valence-electron chi connectivity index (χ2n) is 4.13. The third kappa shape index (κ3) is 5.51. The molecule has 0 atom stereocenters. The summed E-state index contributed by atoms with van der Waals surface area (Å²) in [6.07, 6.45) is 3.37. The standard InChI is InChI=1S/C14H18N2O4/c1-10-5-7-12(11(16-10)6-8-14(18)19)20-9-3-4-13(17)15-2/h5-8H,3-4,9H2,1-2H3,(H,15,17)(H,18,19). The van der Waals surface area contributed by atoms with Crippen LogP contribution in [0.2, 0.25) is 0 Å². The molecule has 0 spiro atoms. The monoisotopic (exact) mass is 278 g/mol. The third-order valence-electron chi connectivity index (χ3n) is 2.49. The normalized spacial score (nSPS) is 10.5. The number of carboxylic acids is 1. The van der Waals surface area contributed by atoms with E-state index in [9.17, 15) is 9.59 Å². The van der Waals surface area contributed by atoms with Crippen LogP contribution in [0.15, 0.2) is 18.2 Å². The van der Waals surface area contributed by atoms with Crippen LogP contribution in [-0.2, 0) is 9.59 Å². The minimum absolute atomic E-state index is 0.0402. The highest BCUT2D eigenvalue weighted by Crippen LogP contribution is 2.18. The Morgan fingerprint density at radius 2 is 2.20 bits per heavy atom. The highest BCUT2D eigenvalue weighted by atomic mass is 16.5. The van der Waals surface area contributed by atoms with E-state index < -0.39 is 5.97 Å². The zero-order chi connectivity index (χ0) is 15.0. The molecule has 2 N–H and O–H groups in total. The van der Waals surface area contributed by atoms with E-state index in [2.05, 4.69) is 10.3 Å². The molecule has 0 saturated carbocycles. The van der Waals surface area contributed by atoms with Gasteiger partial charge in [-0.1, -0.05) is 0 Å². The molecule has 0 aliphatic carbocycles. The van der Waals surface area contributed by atoms with Gasteiger partial charge in [-0.2, -0.15) is 0 Å². The van der Waals surface area contributed by atoms with Gasteiger partial charge in [-0.15, -0.1) is 0 Å². The van der Waals surface area contributed by atoms with E-state index in [0.717, 1.165) is 11.8 Å². The first kappa shape index (κ1) is 15.7. The Balaban J connectivity index is 2.64. The Labute approximate surface area is 117 Å². The number of aliphatic carboxylic acids is 1. The van der Waals surface area contributed by atoms with Crippen LogP contribution >= 0.6 is 0 Å². The molecule has 108 valence electrons. The molecule has 0 aliphatic rings. The number of aromatic nitrogens is 1. The van der Waals surface area contributed by atoms with Gasteiger partial charge >= 0.3 is 5.97 Å². The number of carboxylic acid groups (broad SMARTS) is 1. The fourth-order valence-corrected chi connectivity index (χ4v) is 1.50. The topological polar surface area (TPSA) is 88.5 Å². The van der Waals surface area contributed by atoms with Crippen molar-refractivity contribution in [3.05, 3.63) is 29.6 Å². The van der Waals surface area contributed by atoms with Crippen LogP contribution in [0, 0.1) is 6.92 Å². The van der Waals surface area contributed by atoms with E-state index in [1.54, 1.807) is 19.2 Å². The number of hydrogen-bond acceptors (Lipinski definition) is 4. The maximum Gasteiger partial charge on any atom is 0.328 e. The van der Waals surface area contributed by atoms with E-state index in [-0.39, 0.29) is 5.91 Å². The zero-order valence-electron chi connectivity index (χ0n) is 11.5. The molecule has 0 aliphatic heterocycles. The summed E-state index contributed by atoms with van der Waals surface area (Å²) in [5.74, 6) is -0.578. The Morgan fingerprint density at radius 3 is 2.85 bits per heavy atom. The Morgan fingerprint density at radius 1 is 1.45 bits per heavy atom. The number of ether oxygens (including phenoxy) is 1. The van der Waals surface area contributed by atoms with Gasteiger partial charge in [0.15, 0.2) is 0 Å². The molecule has 6 heteroatoms. The Kier molecular flexibility index (Phi) is 6.22. The van der Waals surface area contributed by atoms with Gasteiger partial charge in [0.2, 0.25) is 5.91 Å². The molecule has 0 radical (unpaired) electrons. The second-order valence-corrected chi connectivity index (χ2v) is 4.13. The van der Waals surface area contributed by atoms with Crippen LogP contribution in [-0.4, -0.2) is 35.6 Å². The van der Waals surface area contributed by atoms with Crippen LogP contribution in [0.25, 0.3) is 6.08 Å². The van der Waals surface area contributed by atoms with E-state index in [4.69, 9.17) is 9.84 Å². The van der Waals surface area contributed by atoms with Gasteiger partial charge in [0.05, 0.1) is 6.61 Å². The molecule has 0 unspecified atom stereocenters. The number of hydrogen-bond donors (Lipinski definition) is 2. The molecular formula is C14H18N2O4. The van der Waals surface area contributed by atoms with Crippen LogP contribution in [0.5, 0.6) is 5.75 Å². The molecule has 0 saturated heterocycles. The van der Waals surface area contributed by atoms with Crippen molar-refractivity contribution in [1.82, 2.24) is 10.3 Å². The molecular weight excluding hydrogens is 260 g/mol. The third-order valence-corrected chi connectivity index (χ3v) is 2.49. The SMILES string of the molecule is CNC(=O)CCCOc1ccc(C)nc1C=CC(=O)O. The lowest BCUT2D eigenvalue weighted by molar-refractivity contribution is -0.131. The first-order valence-electron chi connectivity index (χ1n) is 6.25. The molecule has 1 aromatic rings. The van der Waals surface area contributed by atoms with E-state index in [1.165, 1.54) is 6.08 Å². The largest absolute Gasteiger partial charge is 0.491 e. The lowest BCUT2D eigenvalue weighted by atomic mass is 10.2. The average Bonchev–Trinajstić information content (AvgIpc) is 2.42. The fourth-order valence-electron chi connectivity index (χ4n) is 1.50. The Hall–Kier alpha value is -2.37. The highest BCUT2D eigenvalue weighted by Gasteiger charge is 2.05. The predicted molar refractivity (Wildman–Crippen MR) is 74.4 cm³/mol. The van der Waals surface area contributed by atoms with Gasteiger partial charge in [-0.3, -0.25) is 4.79 Å². The number of carbonyl (C=O) groups is 2. The van der Waals surface area contributed by atoms with Gasteiger partial charge in [-0.25, -0.2) is 9.78 Å². The second kappa shape index (κ2) is 7.93. The first-order valence-corrected chi connectivity index (χ1v) is 6.25. The predicted octanol–water partition coefficient (Wildman–Crippen LogP) is 1.39. The van der Waals surface area contributed by atoms with E-state index >= 15 is 0 Å². The maximum absolute atomic E-state index is 11.1. The van der Waals surface area contributed by atoms with Crippen molar-refractivity contribution in [3.63, 3.8) is 0 Å². The smallest absolute Gasteiger partial charge is 0.328 e. The lowest BCUT2D eigenvalue weighted by Crippen LogP contribution is -2.18. The molecule has 0 aromatic carbocycles. The number of nitrogens with zero attached hydrogens (tertiary/aromatic N) is 1. The molecule has 1 amide bonds. The van der Waals surface area contributed by atoms with Crippen molar-refractivity contribution in [2.24, 2.45) is 0 Å². The summed E-state index contributed by atoms with van der Waals surface area (Å²) in [5, 5.41) is 11.2. The first-order chi connectivity index (χ1) is 9.52. The van der Waals surface area contributed by atoms with Crippen molar-refractivity contribution in [2.75, 3.05) is 13.7 Å². The van der Waals surface area contributed by atoms with Crippen LogP contribution in [0.1, 0.15) is 24.2 Å². The number of aryl methyl sites for hydroxylation is 1. The zero-order valence-corrected chi connectivity index (χ0v) is 11.5. The van der Waals surface area contributed by atoms with Crippen LogP contribution < -0.4 is 10.1 Å². The molecule has 1 heterocycles. The van der Waals surface area contributed by atoms with Crippen molar-refractivity contribution in [3.8, 4) is 5.75 Å². The summed E-state index contributed by atoms with van der Waals surface area (Å²) in [4.78, 5) is 25.8. The summed E-state index contributed by atoms with van der Waals surface area (Å²) in [6.45, 7) is 2.18. The van der Waals surface area contributed by atoms with Gasteiger partial charge in [0.25, 0.3) is 0 Å². The highest BCUT2D eigenvalue weighted by molar-refractivity contribution is 5.85. The number of carbonyl (C=O) groups excluding carboxylic acids is 1. The van der Waals surface area contributed by atoms with Crippen molar-refractivity contribution in [2.45, 2.75) is 19.8 Å². The summed E-state index contributed by atoms with van der Waals surface area (Å²) < 4.78 is 5.53. The molecule has 1 aromatic heterocycles. The van der Waals surface area contributed by atoms with Gasteiger partial charge in [0.1, 0.15) is 11.4 Å². The molecule has 0 bridgehead atoms. The van der Waals surface area contributed by atoms with Crippen molar-refractivity contribution in [1.29, 1.82) is 0 Å². The van der Waals surface area contributed by atoms with Crippen LogP contribution in [0.3, 0.4) is 0 Å². The lowest BCUT2D eigenvalue weighted by Gasteiger charge is -2.09. The van der Waals surface area contributed by atoms with E-state index in [1.807, 2.05) is 6.92 Å². The average molecular weight is 278 g/mol. The number of pyridine rings is 1. The minimum Gasteiger partial charge on any atom is -0.491 e. The number of nitrogens with one attached hydrogen (secondary N) is 1. The molecule has 1 rings (SSSR count). The molecule has 6 nitrogen and oxygen atoms in total. The number of rotatable bonds is 7. The number of amides is 1. The summed E-state index contributed by atoms with van der Waals surface area (Å²) in [5.41, 5.74) is 1.24. The minimum atomic E-state index is -1.04. The molecule has 20 heavy (non-hydrogen) atoms. The quantitative estimate of drug-likeness (QED) is 0.581. The Bertz CT molecular complexity index is 512. The molecule has 0 fully saturated rings. The van der Waals surface area contributed by atoms with E-state index in [0.29, 0.717) is 30.9 Å². The van der Waals surface area contributed by atoms with Gasteiger partial charge in [-0.05, 0) is 31.6 Å².